The molecule has 7 nitrogen and oxygen atoms in total. The molecule has 0 aromatic heterocycles. The van der Waals surface area contributed by atoms with Gasteiger partial charge in [0.1, 0.15) is 12.2 Å². The summed E-state index contributed by atoms with van der Waals surface area (Å²) in [5.41, 5.74) is 2.73. The maximum Gasteiger partial charge on any atom is 0.243 e. The van der Waals surface area contributed by atoms with Crippen LogP contribution in [0.2, 0.25) is 0 Å². The Labute approximate surface area is 217 Å². The first-order valence-electron chi connectivity index (χ1n) is 12.7. The number of hydrogen-bond acceptors (Lipinski definition) is 4. The molecule has 0 saturated carbocycles. The molecule has 4 atom stereocenters. The Morgan fingerprint density at radius 3 is 2.30 bits per heavy atom. The number of benzene rings is 2. The van der Waals surface area contributed by atoms with E-state index in [-0.39, 0.29) is 49.2 Å². The van der Waals surface area contributed by atoms with E-state index >= 15 is 0 Å². The Balaban J connectivity index is 1.34. The van der Waals surface area contributed by atoms with Crippen molar-refractivity contribution in [2.24, 2.45) is 5.92 Å². The molecule has 2 aliphatic rings. The van der Waals surface area contributed by atoms with E-state index in [9.17, 15) is 18.8 Å². The summed E-state index contributed by atoms with van der Waals surface area (Å²) in [7, 11) is 0. The summed E-state index contributed by atoms with van der Waals surface area (Å²) < 4.78 is 13.5. The van der Waals surface area contributed by atoms with Gasteiger partial charge in [-0.3, -0.25) is 14.4 Å². The molecular weight excluding hydrogens is 471 g/mol. The van der Waals surface area contributed by atoms with Gasteiger partial charge in [0.2, 0.25) is 17.7 Å². The second kappa shape index (κ2) is 12.0. The second-order valence-electron chi connectivity index (χ2n) is 9.93. The van der Waals surface area contributed by atoms with Gasteiger partial charge in [0.05, 0.1) is 6.04 Å². The molecule has 37 heavy (non-hydrogen) atoms. The Morgan fingerprint density at radius 1 is 1.00 bits per heavy atom. The largest absolute Gasteiger partial charge is 0.350 e. The zero-order valence-corrected chi connectivity index (χ0v) is 21.2. The summed E-state index contributed by atoms with van der Waals surface area (Å²) in [6, 6.07) is 15.8. The summed E-state index contributed by atoms with van der Waals surface area (Å²) >= 11 is 0. The minimum Gasteiger partial charge on any atom is -0.350 e. The van der Waals surface area contributed by atoms with E-state index in [0.717, 1.165) is 16.7 Å². The van der Waals surface area contributed by atoms with Crippen molar-refractivity contribution in [2.75, 3.05) is 13.1 Å². The van der Waals surface area contributed by atoms with E-state index in [2.05, 4.69) is 27.8 Å². The summed E-state index contributed by atoms with van der Waals surface area (Å²) in [6.07, 6.45) is -0.592. The van der Waals surface area contributed by atoms with E-state index in [1.807, 2.05) is 54.6 Å². The molecule has 0 aliphatic carbocycles. The van der Waals surface area contributed by atoms with Crippen LogP contribution < -0.4 is 16.0 Å². The molecule has 2 aromatic rings. The molecule has 2 saturated heterocycles. The summed E-state index contributed by atoms with van der Waals surface area (Å²) in [6.45, 7) is 4.30. The first-order chi connectivity index (χ1) is 17.8. The number of likely N-dealkylation sites (tertiary alicyclic amines) is 1. The number of carbonyl (C=O) groups is 3. The maximum atomic E-state index is 13.5. The number of halogens is 1. The number of alkyl halides is 1. The SMILES string of the molecule is CC(C)C(=O)N1C[C@H](NC(=O)[C@@H]2C[C@H](F)CN2)C[C@@H]1C(=O)NCc1ccc(C#Cc2ccccc2)cc1. The van der Waals surface area contributed by atoms with Crippen LogP contribution in [-0.2, 0) is 20.9 Å². The number of rotatable bonds is 6. The average Bonchev–Trinajstić information content (AvgIpc) is 3.53. The lowest BCUT2D eigenvalue weighted by molar-refractivity contribution is -0.140. The molecule has 0 radical (unpaired) electrons. The highest BCUT2D eigenvalue weighted by atomic mass is 19.1. The van der Waals surface area contributed by atoms with E-state index in [0.29, 0.717) is 13.0 Å². The standard InChI is InChI=1S/C29H33FN4O3/c1-19(2)29(37)34-18-24(33-27(35)25-14-23(30)17-31-25)15-26(34)28(36)32-16-22-12-10-21(11-13-22)9-8-20-6-4-3-5-7-20/h3-7,10-13,19,23-26,31H,14-18H2,1-2H3,(H,32,36)(H,33,35)/t23-,24+,25-,26+/m0/s1. The van der Waals surface area contributed by atoms with Gasteiger partial charge in [-0.05, 0) is 36.2 Å². The molecule has 194 valence electrons. The Hall–Kier alpha value is -3.70. The molecular formula is C29H33FN4O3. The zero-order valence-electron chi connectivity index (χ0n) is 21.2. The van der Waals surface area contributed by atoms with Gasteiger partial charge in [-0.2, -0.15) is 0 Å². The van der Waals surface area contributed by atoms with Crippen molar-refractivity contribution in [2.45, 2.75) is 57.5 Å². The predicted molar refractivity (Wildman–Crippen MR) is 139 cm³/mol. The molecule has 8 heteroatoms. The van der Waals surface area contributed by atoms with E-state index in [1.165, 1.54) is 0 Å². The van der Waals surface area contributed by atoms with Crippen LogP contribution >= 0.6 is 0 Å². The summed E-state index contributed by atoms with van der Waals surface area (Å²) in [5.74, 6) is 5.28. The van der Waals surface area contributed by atoms with Gasteiger partial charge in [0.15, 0.2) is 0 Å². The topological polar surface area (TPSA) is 90.5 Å². The van der Waals surface area contributed by atoms with Crippen LogP contribution in [0.15, 0.2) is 54.6 Å². The minimum absolute atomic E-state index is 0.133. The van der Waals surface area contributed by atoms with Crippen LogP contribution in [0.25, 0.3) is 0 Å². The van der Waals surface area contributed by atoms with Crippen LogP contribution in [0.3, 0.4) is 0 Å². The smallest absolute Gasteiger partial charge is 0.243 e. The van der Waals surface area contributed by atoms with E-state index in [4.69, 9.17) is 0 Å². The average molecular weight is 505 g/mol. The molecule has 3 amide bonds. The van der Waals surface area contributed by atoms with Gasteiger partial charge in [0, 0.05) is 49.1 Å². The van der Waals surface area contributed by atoms with Crippen LogP contribution in [0, 0.1) is 17.8 Å². The van der Waals surface area contributed by atoms with Crippen molar-refractivity contribution in [1.82, 2.24) is 20.9 Å². The van der Waals surface area contributed by atoms with Crippen molar-refractivity contribution in [1.29, 1.82) is 0 Å². The third-order valence-electron chi connectivity index (χ3n) is 6.67. The number of carbonyl (C=O) groups excluding carboxylic acids is 3. The van der Waals surface area contributed by atoms with Crippen molar-refractivity contribution in [3.8, 4) is 11.8 Å². The van der Waals surface area contributed by atoms with Gasteiger partial charge in [-0.25, -0.2) is 4.39 Å². The third-order valence-corrected chi connectivity index (χ3v) is 6.67. The fourth-order valence-electron chi connectivity index (χ4n) is 4.64. The lowest BCUT2D eigenvalue weighted by Gasteiger charge is -2.25. The molecule has 3 N–H and O–H groups in total. The Bertz CT molecular complexity index is 1170. The van der Waals surface area contributed by atoms with Crippen LogP contribution in [0.4, 0.5) is 4.39 Å². The molecule has 0 unspecified atom stereocenters. The lowest BCUT2D eigenvalue weighted by atomic mass is 10.1. The molecule has 4 rings (SSSR count). The van der Waals surface area contributed by atoms with Crippen molar-refractivity contribution in [3.63, 3.8) is 0 Å². The van der Waals surface area contributed by atoms with Gasteiger partial charge >= 0.3 is 0 Å². The molecule has 2 aliphatic heterocycles. The third kappa shape index (κ3) is 6.95. The highest BCUT2D eigenvalue weighted by Gasteiger charge is 2.41. The van der Waals surface area contributed by atoms with Crippen LogP contribution in [-0.4, -0.2) is 60.0 Å². The quantitative estimate of drug-likeness (QED) is 0.526. The summed E-state index contributed by atoms with van der Waals surface area (Å²) in [5, 5.41) is 8.70. The van der Waals surface area contributed by atoms with Gasteiger partial charge in [-0.1, -0.05) is 56.0 Å². The maximum absolute atomic E-state index is 13.5. The second-order valence-corrected chi connectivity index (χ2v) is 9.93. The zero-order chi connectivity index (χ0) is 26.4. The highest BCUT2D eigenvalue weighted by Crippen LogP contribution is 2.22. The lowest BCUT2D eigenvalue weighted by Crippen LogP contribution is -2.47. The van der Waals surface area contributed by atoms with Crippen molar-refractivity contribution in [3.05, 3.63) is 71.3 Å². The minimum atomic E-state index is -1.04. The van der Waals surface area contributed by atoms with E-state index < -0.39 is 18.3 Å². The van der Waals surface area contributed by atoms with Gasteiger partial charge in [-0.15, -0.1) is 0 Å². The van der Waals surface area contributed by atoms with Crippen LogP contribution in [0.1, 0.15) is 43.4 Å². The van der Waals surface area contributed by atoms with Gasteiger partial charge in [0.25, 0.3) is 0 Å². The van der Waals surface area contributed by atoms with Gasteiger partial charge < -0.3 is 20.9 Å². The molecule has 2 fully saturated rings. The first kappa shape index (κ1) is 26.4. The normalized spacial score (nSPS) is 22.9. The fourth-order valence-corrected chi connectivity index (χ4v) is 4.64. The molecule has 2 aromatic carbocycles. The first-order valence-corrected chi connectivity index (χ1v) is 12.7. The fraction of sp³-hybridized carbons (Fsp3) is 0.414. The molecule has 2 heterocycles. The predicted octanol–water partition coefficient (Wildman–Crippen LogP) is 2.14. The number of amides is 3. The molecule has 0 bridgehead atoms. The number of nitrogens with zero attached hydrogens (tertiary/aromatic N) is 1. The van der Waals surface area contributed by atoms with Crippen LogP contribution in [0.5, 0.6) is 0 Å². The Morgan fingerprint density at radius 2 is 1.68 bits per heavy atom. The highest BCUT2D eigenvalue weighted by molar-refractivity contribution is 5.89. The molecule has 0 spiro atoms. The number of nitrogens with one attached hydrogen (secondary N) is 3. The van der Waals surface area contributed by atoms with Crippen molar-refractivity contribution >= 4 is 17.7 Å². The number of hydrogen-bond donors (Lipinski definition) is 3. The van der Waals surface area contributed by atoms with E-state index in [1.54, 1.807) is 18.7 Å². The summed E-state index contributed by atoms with van der Waals surface area (Å²) in [4.78, 5) is 40.0. The monoisotopic (exact) mass is 504 g/mol. The van der Waals surface area contributed by atoms with Crippen molar-refractivity contribution < 1.29 is 18.8 Å². The Kier molecular flexibility index (Phi) is 8.57.